The maximum Gasteiger partial charge on any atom is 0.112 e. The molecule has 120 valence electrons. The molecule has 0 radical (unpaired) electrons. The number of hydrogen-bond acceptors (Lipinski definition) is 4. The topological polar surface area (TPSA) is 108 Å². The number of aliphatic hydroxyl groups is 2. The van der Waals surface area contributed by atoms with Gasteiger partial charge in [0, 0.05) is 6.42 Å². The molecule has 0 aromatic heterocycles. The average molecular weight is 297 g/mol. The molecule has 0 aliphatic heterocycles. The number of carbonyl (C=O) groups excluding carboxylic acids is 1. The van der Waals surface area contributed by atoms with Crippen molar-refractivity contribution in [1.82, 2.24) is 0 Å². The number of carbonyl (C=O) groups is 1. The molecule has 0 heterocycles. The minimum atomic E-state index is -1.76. The van der Waals surface area contributed by atoms with Gasteiger partial charge in [0.05, 0.1) is 12.6 Å². The summed E-state index contributed by atoms with van der Waals surface area (Å²) in [6.07, 6.45) is 0.858. The fourth-order valence-corrected chi connectivity index (χ4v) is 1.32. The fourth-order valence-electron chi connectivity index (χ4n) is 1.32. The van der Waals surface area contributed by atoms with E-state index < -0.39 is 17.0 Å². The van der Waals surface area contributed by atoms with Crippen molar-refractivity contribution in [3.63, 3.8) is 0 Å². The van der Waals surface area contributed by atoms with Crippen molar-refractivity contribution < 1.29 is 25.8 Å². The minimum Gasteiger partial charge on any atom is -0.547 e. The summed E-state index contributed by atoms with van der Waals surface area (Å²) >= 11 is 0. The Hall–Kier alpha value is -1.43. The van der Waals surface area contributed by atoms with Crippen LogP contribution < -0.4 is 10.8 Å². The van der Waals surface area contributed by atoms with Gasteiger partial charge >= 0.3 is 0 Å². The molecule has 0 saturated heterocycles. The van der Waals surface area contributed by atoms with Gasteiger partial charge < -0.3 is 25.8 Å². The summed E-state index contributed by atoms with van der Waals surface area (Å²) in [5.74, 6) is -1.43. The normalized spacial score (nSPS) is 15.4. The standard InChI is InChI=1S/C9H13NO.C7H14O3/c10-9(7-11)6-8-4-2-1-3-5-8;1-6(2,3)7(4,10)5(8)9/h1-5,9,11H,6-7,10H2;10H,1-4H3,(H,8,9)/t9-;7-/m11/s1. The third-order valence-corrected chi connectivity index (χ3v) is 3.48. The van der Waals surface area contributed by atoms with Crippen molar-refractivity contribution in [2.24, 2.45) is 5.41 Å². The zero-order valence-electron chi connectivity index (χ0n) is 13.3. The Morgan fingerprint density at radius 1 is 1.24 bits per heavy atom. The minimum absolute atomic E-state index is 0.123. The molecule has 0 spiro atoms. The molecule has 5 nitrogen and oxygen atoms in total. The van der Waals surface area contributed by atoms with E-state index in [-0.39, 0.29) is 12.6 Å². The van der Waals surface area contributed by atoms with Crippen LogP contribution >= 0.6 is 0 Å². The summed E-state index contributed by atoms with van der Waals surface area (Å²) in [6, 6.07) is 10.2. The molecule has 0 aliphatic carbocycles. The Balaban J connectivity index is 0.000000384. The second-order valence-corrected chi connectivity index (χ2v) is 6.35. The van der Waals surface area contributed by atoms with E-state index in [0.717, 1.165) is 6.42 Å². The number of carboxylic acids is 1. The van der Waals surface area contributed by atoms with Crippen molar-refractivity contribution in [3.05, 3.63) is 35.9 Å². The SMILES string of the molecule is CC(C)(C)[C@](C)(O)C(=O)[O-].[NH3+][C@@H](CO)Cc1ccccc1. The Labute approximate surface area is 126 Å². The molecule has 2 atom stereocenters. The van der Waals surface area contributed by atoms with Gasteiger partial charge in [-0.05, 0) is 17.9 Å². The fraction of sp³-hybridized carbons (Fsp3) is 0.562. The van der Waals surface area contributed by atoms with Crippen LogP contribution in [0.5, 0.6) is 0 Å². The largest absolute Gasteiger partial charge is 0.547 e. The van der Waals surface area contributed by atoms with E-state index in [1.165, 1.54) is 12.5 Å². The van der Waals surface area contributed by atoms with Crippen molar-refractivity contribution >= 4 is 5.97 Å². The van der Waals surface area contributed by atoms with Gasteiger partial charge in [-0.2, -0.15) is 0 Å². The van der Waals surface area contributed by atoms with Gasteiger partial charge in [0.1, 0.15) is 11.6 Å². The van der Waals surface area contributed by atoms with Crippen LogP contribution in [0.3, 0.4) is 0 Å². The third kappa shape index (κ3) is 6.71. The van der Waals surface area contributed by atoms with E-state index in [2.05, 4.69) is 5.73 Å². The number of rotatable bonds is 4. The van der Waals surface area contributed by atoms with Crippen LogP contribution in [-0.2, 0) is 11.2 Å². The summed E-state index contributed by atoms with van der Waals surface area (Å²) < 4.78 is 0. The molecule has 5 N–H and O–H groups in total. The number of aliphatic hydroxyl groups excluding tert-OH is 1. The first-order valence-electron chi connectivity index (χ1n) is 6.94. The van der Waals surface area contributed by atoms with E-state index in [1.807, 2.05) is 30.3 Å². The molecule has 0 aliphatic rings. The Bertz CT molecular complexity index is 424. The zero-order valence-corrected chi connectivity index (χ0v) is 13.3. The molecule has 1 aromatic rings. The summed E-state index contributed by atoms with van der Waals surface area (Å²) in [6.45, 7) is 6.33. The van der Waals surface area contributed by atoms with Crippen LogP contribution in [-0.4, -0.2) is 34.4 Å². The molecule has 0 saturated carbocycles. The number of aliphatic carboxylic acids is 1. The van der Waals surface area contributed by atoms with Gasteiger partial charge in [0.15, 0.2) is 0 Å². The lowest BCUT2D eigenvalue weighted by atomic mass is 9.78. The Morgan fingerprint density at radius 3 is 2.00 bits per heavy atom. The predicted octanol–water partition coefficient (Wildman–Crippen LogP) is -0.635. The monoisotopic (exact) mass is 297 g/mol. The third-order valence-electron chi connectivity index (χ3n) is 3.48. The number of benzene rings is 1. The van der Waals surface area contributed by atoms with Crippen LogP contribution in [0.2, 0.25) is 0 Å². The molecular weight excluding hydrogens is 270 g/mol. The van der Waals surface area contributed by atoms with E-state index in [1.54, 1.807) is 20.8 Å². The van der Waals surface area contributed by atoms with E-state index in [0.29, 0.717) is 0 Å². The van der Waals surface area contributed by atoms with Crippen LogP contribution in [0.25, 0.3) is 0 Å². The predicted molar refractivity (Wildman–Crippen MR) is 79.0 cm³/mol. The Morgan fingerprint density at radius 2 is 1.71 bits per heavy atom. The number of hydrogen-bond donors (Lipinski definition) is 3. The highest BCUT2D eigenvalue weighted by molar-refractivity contribution is 5.75. The highest BCUT2D eigenvalue weighted by atomic mass is 16.4. The number of carboxylic acid groups (broad SMARTS) is 1. The van der Waals surface area contributed by atoms with Crippen LogP contribution in [0.15, 0.2) is 30.3 Å². The van der Waals surface area contributed by atoms with Gasteiger partial charge in [0.2, 0.25) is 0 Å². The van der Waals surface area contributed by atoms with Crippen molar-refractivity contribution in [2.75, 3.05) is 6.61 Å². The summed E-state index contributed by atoms with van der Waals surface area (Å²) in [4.78, 5) is 10.3. The molecule has 1 rings (SSSR count). The highest BCUT2D eigenvalue weighted by Gasteiger charge is 2.36. The van der Waals surface area contributed by atoms with E-state index in [9.17, 15) is 15.0 Å². The second kappa shape index (κ2) is 8.12. The maximum atomic E-state index is 10.3. The number of quaternary nitrogens is 1. The lowest BCUT2D eigenvalue weighted by molar-refractivity contribution is -0.424. The second-order valence-electron chi connectivity index (χ2n) is 6.35. The first-order valence-corrected chi connectivity index (χ1v) is 6.94. The molecule has 21 heavy (non-hydrogen) atoms. The first kappa shape index (κ1) is 19.6. The van der Waals surface area contributed by atoms with E-state index in [4.69, 9.17) is 5.11 Å². The van der Waals surface area contributed by atoms with Gasteiger partial charge in [-0.25, -0.2) is 0 Å². The van der Waals surface area contributed by atoms with Crippen LogP contribution in [0, 0.1) is 5.41 Å². The van der Waals surface area contributed by atoms with Crippen molar-refractivity contribution in [1.29, 1.82) is 0 Å². The van der Waals surface area contributed by atoms with Gasteiger partial charge in [-0.1, -0.05) is 51.1 Å². The van der Waals surface area contributed by atoms with Gasteiger partial charge in [-0.15, -0.1) is 0 Å². The highest BCUT2D eigenvalue weighted by Crippen LogP contribution is 2.28. The molecule has 0 unspecified atom stereocenters. The van der Waals surface area contributed by atoms with Gasteiger partial charge in [0.25, 0.3) is 0 Å². The maximum absolute atomic E-state index is 10.3. The molecule has 0 fully saturated rings. The molecule has 0 amide bonds. The van der Waals surface area contributed by atoms with Crippen LogP contribution in [0.1, 0.15) is 33.3 Å². The summed E-state index contributed by atoms with van der Waals surface area (Å²) in [5.41, 5.74) is 2.59. The zero-order chi connectivity index (χ0) is 16.7. The molecule has 1 aromatic carbocycles. The summed E-state index contributed by atoms with van der Waals surface area (Å²) in [5, 5.41) is 28.3. The Kier molecular flexibility index (Phi) is 7.57. The molecular formula is C16H27NO4. The average Bonchev–Trinajstić information content (AvgIpc) is 2.39. The van der Waals surface area contributed by atoms with Crippen molar-refractivity contribution in [2.45, 2.75) is 45.8 Å². The van der Waals surface area contributed by atoms with E-state index >= 15 is 0 Å². The molecule has 5 heteroatoms. The van der Waals surface area contributed by atoms with Crippen molar-refractivity contribution in [3.8, 4) is 0 Å². The smallest absolute Gasteiger partial charge is 0.112 e. The van der Waals surface area contributed by atoms with Crippen LogP contribution in [0.4, 0.5) is 0 Å². The first-order chi connectivity index (χ1) is 9.52. The van der Waals surface area contributed by atoms with Gasteiger partial charge in [-0.3, -0.25) is 0 Å². The lowest BCUT2D eigenvalue weighted by Crippen LogP contribution is -2.63. The summed E-state index contributed by atoms with van der Waals surface area (Å²) in [7, 11) is 0. The lowest BCUT2D eigenvalue weighted by Gasteiger charge is -2.37. The quantitative estimate of drug-likeness (QED) is 0.687. The molecule has 0 bridgehead atoms.